The zero-order chi connectivity index (χ0) is 12.4. The van der Waals surface area contributed by atoms with Crippen LogP contribution in [-0.4, -0.2) is 19.8 Å². The van der Waals surface area contributed by atoms with Gasteiger partial charge in [-0.3, -0.25) is 0 Å². The molecule has 0 heterocycles. The second kappa shape index (κ2) is 4.72. The van der Waals surface area contributed by atoms with Gasteiger partial charge in [-0.2, -0.15) is 0 Å². The highest BCUT2D eigenvalue weighted by Crippen LogP contribution is 2.44. The van der Waals surface area contributed by atoms with Gasteiger partial charge in [0.05, 0.1) is 8.07 Å². The summed E-state index contributed by atoms with van der Waals surface area (Å²) < 4.78 is 0. The van der Waals surface area contributed by atoms with E-state index in [2.05, 4.69) is 58.1 Å². The number of hydrogen-bond donors (Lipinski definition) is 1. The Balaban J connectivity index is 3.09. The Bertz CT molecular complexity index is 324. The van der Waals surface area contributed by atoms with Crippen LogP contribution >= 0.6 is 0 Å². The molecule has 0 aliphatic carbocycles. The fourth-order valence-electron chi connectivity index (χ4n) is 1.96. The van der Waals surface area contributed by atoms with Gasteiger partial charge in [0.25, 0.3) is 0 Å². The van der Waals surface area contributed by atoms with Crippen LogP contribution in [0.3, 0.4) is 0 Å². The number of hydrogen-bond acceptors (Lipinski definition) is 1. The highest BCUT2D eigenvalue weighted by atomic mass is 28.3. The van der Waals surface area contributed by atoms with Crippen molar-refractivity contribution in [1.29, 1.82) is 0 Å². The fraction of sp³-hybridized carbons (Fsp3) is 0.571. The maximum Gasteiger partial charge on any atom is 0.0634 e. The average Bonchev–Trinajstić information content (AvgIpc) is 2.18. The third-order valence-electron chi connectivity index (χ3n) is 4.19. The molecule has 0 aliphatic rings. The standard InChI is InChI=1S/C14H24OSi/c1-14(2,3)16(4,5)13(11-15)12-9-7-6-8-10-12/h6-10,13,15H,11H2,1-5H3. The van der Waals surface area contributed by atoms with Crippen molar-refractivity contribution in [1.82, 2.24) is 0 Å². The molecule has 0 fully saturated rings. The first kappa shape index (κ1) is 13.5. The van der Waals surface area contributed by atoms with E-state index in [9.17, 15) is 5.11 Å². The van der Waals surface area contributed by atoms with Crippen LogP contribution in [0.5, 0.6) is 0 Å². The van der Waals surface area contributed by atoms with E-state index in [0.717, 1.165) is 0 Å². The highest BCUT2D eigenvalue weighted by Gasteiger charge is 2.42. The molecule has 1 aromatic rings. The zero-order valence-corrected chi connectivity index (χ0v) is 12.1. The van der Waals surface area contributed by atoms with E-state index in [1.54, 1.807) is 0 Å². The molecule has 16 heavy (non-hydrogen) atoms. The molecule has 1 rings (SSSR count). The Hall–Kier alpha value is -0.603. The van der Waals surface area contributed by atoms with Crippen molar-refractivity contribution in [2.75, 3.05) is 6.61 Å². The molecular formula is C14H24OSi. The molecule has 90 valence electrons. The van der Waals surface area contributed by atoms with Crippen LogP contribution in [0.4, 0.5) is 0 Å². The molecule has 0 saturated carbocycles. The van der Waals surface area contributed by atoms with Gasteiger partial charge < -0.3 is 5.11 Å². The van der Waals surface area contributed by atoms with Gasteiger partial charge in [0.2, 0.25) is 0 Å². The molecule has 0 radical (unpaired) electrons. The van der Waals surface area contributed by atoms with Gasteiger partial charge in [-0.1, -0.05) is 64.2 Å². The molecule has 1 unspecified atom stereocenters. The lowest BCUT2D eigenvalue weighted by Gasteiger charge is -2.43. The Morgan fingerprint density at radius 3 is 2.00 bits per heavy atom. The first-order valence-corrected chi connectivity index (χ1v) is 9.04. The Morgan fingerprint density at radius 2 is 1.62 bits per heavy atom. The molecule has 1 atom stereocenters. The van der Waals surface area contributed by atoms with Crippen LogP contribution in [0.25, 0.3) is 0 Å². The Kier molecular flexibility index (Phi) is 3.97. The molecule has 0 aliphatic heterocycles. The number of benzene rings is 1. The summed E-state index contributed by atoms with van der Waals surface area (Å²) in [7, 11) is -1.53. The van der Waals surface area contributed by atoms with Crippen molar-refractivity contribution in [3.8, 4) is 0 Å². The summed E-state index contributed by atoms with van der Waals surface area (Å²) in [6.45, 7) is 11.9. The SMILES string of the molecule is CC(C)(C)[Si](C)(C)C(CO)c1ccccc1. The van der Waals surface area contributed by atoms with E-state index in [1.807, 2.05) is 6.07 Å². The minimum absolute atomic E-state index is 0.264. The quantitative estimate of drug-likeness (QED) is 0.791. The Labute approximate surface area is 101 Å². The second-order valence-corrected chi connectivity index (χ2v) is 11.8. The van der Waals surface area contributed by atoms with E-state index >= 15 is 0 Å². The van der Waals surface area contributed by atoms with Crippen LogP contribution in [0.1, 0.15) is 31.9 Å². The second-order valence-electron chi connectivity index (χ2n) is 6.12. The molecule has 0 bridgehead atoms. The molecule has 0 amide bonds. The van der Waals surface area contributed by atoms with Crippen molar-refractivity contribution in [3.05, 3.63) is 35.9 Å². The maximum atomic E-state index is 9.71. The normalized spacial score (nSPS) is 14.9. The van der Waals surface area contributed by atoms with Gasteiger partial charge in [0, 0.05) is 12.1 Å². The Morgan fingerprint density at radius 1 is 1.12 bits per heavy atom. The van der Waals surface area contributed by atoms with E-state index < -0.39 is 8.07 Å². The number of aliphatic hydroxyl groups excluding tert-OH is 1. The predicted molar refractivity (Wildman–Crippen MR) is 73.5 cm³/mol. The lowest BCUT2D eigenvalue weighted by atomic mass is 10.1. The minimum Gasteiger partial charge on any atom is -0.396 e. The number of rotatable bonds is 3. The van der Waals surface area contributed by atoms with Crippen LogP contribution in [0, 0.1) is 0 Å². The lowest BCUT2D eigenvalue weighted by molar-refractivity contribution is 0.288. The van der Waals surface area contributed by atoms with Crippen LogP contribution in [-0.2, 0) is 0 Å². The smallest absolute Gasteiger partial charge is 0.0634 e. The summed E-state index contributed by atoms with van der Waals surface area (Å²) in [6, 6.07) is 10.4. The summed E-state index contributed by atoms with van der Waals surface area (Å²) in [4.78, 5) is 0. The molecule has 2 heteroatoms. The van der Waals surface area contributed by atoms with E-state index in [-0.39, 0.29) is 6.61 Å². The first-order valence-electron chi connectivity index (χ1n) is 5.96. The maximum absolute atomic E-state index is 9.71. The molecule has 1 nitrogen and oxygen atoms in total. The summed E-state index contributed by atoms with van der Waals surface area (Å²) in [5, 5.41) is 10.0. The van der Waals surface area contributed by atoms with E-state index in [4.69, 9.17) is 0 Å². The lowest BCUT2D eigenvalue weighted by Crippen LogP contribution is -2.45. The van der Waals surface area contributed by atoms with E-state index in [0.29, 0.717) is 10.6 Å². The molecule has 1 N–H and O–H groups in total. The van der Waals surface area contributed by atoms with Crippen molar-refractivity contribution < 1.29 is 5.11 Å². The van der Waals surface area contributed by atoms with Crippen LogP contribution < -0.4 is 0 Å². The first-order chi connectivity index (χ1) is 7.30. The van der Waals surface area contributed by atoms with Gasteiger partial charge in [-0.05, 0) is 10.6 Å². The molecule has 0 aromatic heterocycles. The fourth-order valence-corrected chi connectivity index (χ4v) is 4.49. The molecule has 1 aromatic carbocycles. The van der Waals surface area contributed by atoms with Crippen molar-refractivity contribution >= 4 is 8.07 Å². The van der Waals surface area contributed by atoms with Gasteiger partial charge in [0.15, 0.2) is 0 Å². The van der Waals surface area contributed by atoms with Gasteiger partial charge >= 0.3 is 0 Å². The van der Waals surface area contributed by atoms with Crippen LogP contribution in [0.15, 0.2) is 30.3 Å². The number of aliphatic hydroxyl groups is 1. The van der Waals surface area contributed by atoms with Crippen molar-refractivity contribution in [2.24, 2.45) is 0 Å². The third-order valence-corrected chi connectivity index (χ3v) is 10.3. The predicted octanol–water partition coefficient (Wildman–Crippen LogP) is 3.81. The van der Waals surface area contributed by atoms with E-state index in [1.165, 1.54) is 5.56 Å². The van der Waals surface area contributed by atoms with Crippen molar-refractivity contribution in [2.45, 2.75) is 44.4 Å². The van der Waals surface area contributed by atoms with Gasteiger partial charge in [-0.15, -0.1) is 0 Å². The summed E-state index contributed by atoms with van der Waals surface area (Å²) in [6.07, 6.45) is 0. The average molecular weight is 236 g/mol. The third kappa shape index (κ3) is 2.55. The summed E-state index contributed by atoms with van der Waals surface area (Å²) >= 11 is 0. The van der Waals surface area contributed by atoms with Gasteiger partial charge in [0.1, 0.15) is 0 Å². The van der Waals surface area contributed by atoms with Crippen LogP contribution in [0.2, 0.25) is 18.1 Å². The zero-order valence-electron chi connectivity index (χ0n) is 11.1. The minimum atomic E-state index is -1.53. The summed E-state index contributed by atoms with van der Waals surface area (Å²) in [5.74, 6) is 0. The van der Waals surface area contributed by atoms with Crippen molar-refractivity contribution in [3.63, 3.8) is 0 Å². The largest absolute Gasteiger partial charge is 0.396 e. The molecular weight excluding hydrogens is 212 g/mol. The molecule has 0 saturated heterocycles. The highest BCUT2D eigenvalue weighted by molar-refractivity contribution is 6.81. The topological polar surface area (TPSA) is 20.2 Å². The monoisotopic (exact) mass is 236 g/mol. The van der Waals surface area contributed by atoms with Gasteiger partial charge in [-0.25, -0.2) is 0 Å². The summed E-state index contributed by atoms with van der Waals surface area (Å²) in [5.41, 5.74) is 1.62. The molecule has 0 spiro atoms.